The van der Waals surface area contributed by atoms with E-state index in [2.05, 4.69) is 0 Å². The number of thioether (sulfide) groups is 1. The van der Waals surface area contributed by atoms with Gasteiger partial charge in [-0.1, -0.05) is 0 Å². The standard InChI is InChI=1S/C16H14O8S2/c17-12-13(25-7-10-3-1-5-22-10)16(15(19)20,24-14(12)18)9-26(21)8-11-4-2-6-23-11/h1-6,17H,7-9H2,(H,19,20). The van der Waals surface area contributed by atoms with Gasteiger partial charge in [0.25, 0.3) is 5.60 Å². The Morgan fingerprint density at radius 2 is 1.85 bits per heavy atom. The predicted molar refractivity (Wildman–Crippen MR) is 91.5 cm³/mol. The number of hydrogen-bond donors (Lipinski definition) is 2. The Morgan fingerprint density at radius 1 is 1.19 bits per heavy atom. The van der Waals surface area contributed by atoms with Crippen molar-refractivity contribution in [2.24, 2.45) is 0 Å². The van der Waals surface area contributed by atoms with Gasteiger partial charge >= 0.3 is 11.9 Å². The highest BCUT2D eigenvalue weighted by Gasteiger charge is 2.56. The number of carboxylic acid groups (broad SMARTS) is 1. The van der Waals surface area contributed by atoms with Gasteiger partial charge in [0.1, 0.15) is 11.5 Å². The van der Waals surface area contributed by atoms with Crippen LogP contribution in [0.5, 0.6) is 0 Å². The van der Waals surface area contributed by atoms with Crippen LogP contribution in [0.1, 0.15) is 11.5 Å². The molecule has 0 aliphatic carbocycles. The minimum atomic E-state index is -2.21. The fourth-order valence-corrected chi connectivity index (χ4v) is 4.95. The van der Waals surface area contributed by atoms with Crippen LogP contribution in [0.15, 0.2) is 56.3 Å². The molecule has 0 radical (unpaired) electrons. The fourth-order valence-electron chi connectivity index (χ4n) is 2.39. The van der Waals surface area contributed by atoms with E-state index in [-0.39, 0.29) is 16.4 Å². The molecule has 2 aromatic heterocycles. The summed E-state index contributed by atoms with van der Waals surface area (Å²) in [5.74, 6) is -2.93. The van der Waals surface area contributed by atoms with Crippen LogP contribution in [0.25, 0.3) is 0 Å². The second-order valence-corrected chi connectivity index (χ2v) is 7.82. The Labute approximate surface area is 154 Å². The van der Waals surface area contributed by atoms with Crippen LogP contribution in [-0.2, 0) is 36.6 Å². The highest BCUT2D eigenvalue weighted by atomic mass is 32.2. The Hall–Kier alpha value is -2.46. The van der Waals surface area contributed by atoms with Crippen molar-refractivity contribution in [2.75, 3.05) is 5.75 Å². The second-order valence-electron chi connectivity index (χ2n) is 5.38. The number of aliphatic hydroxyl groups excluding tert-OH is 1. The highest BCUT2D eigenvalue weighted by molar-refractivity contribution is 8.02. The summed E-state index contributed by atoms with van der Waals surface area (Å²) in [4.78, 5) is 23.5. The monoisotopic (exact) mass is 398 g/mol. The second kappa shape index (κ2) is 7.42. The number of furan rings is 2. The maximum atomic E-state index is 12.4. The first-order valence-electron chi connectivity index (χ1n) is 7.35. The van der Waals surface area contributed by atoms with E-state index in [9.17, 15) is 24.0 Å². The zero-order valence-electron chi connectivity index (χ0n) is 13.2. The van der Waals surface area contributed by atoms with Crippen molar-refractivity contribution in [2.45, 2.75) is 17.1 Å². The molecule has 3 rings (SSSR count). The van der Waals surface area contributed by atoms with E-state index in [0.29, 0.717) is 11.5 Å². The molecule has 138 valence electrons. The average Bonchev–Trinajstić information content (AvgIpc) is 3.30. The summed E-state index contributed by atoms with van der Waals surface area (Å²) in [5.41, 5.74) is -2.21. The lowest BCUT2D eigenvalue weighted by Gasteiger charge is -2.24. The van der Waals surface area contributed by atoms with E-state index in [1.165, 1.54) is 12.5 Å². The lowest BCUT2D eigenvalue weighted by molar-refractivity contribution is -0.165. The molecule has 2 atom stereocenters. The van der Waals surface area contributed by atoms with Gasteiger partial charge in [-0.2, -0.15) is 0 Å². The van der Waals surface area contributed by atoms with Gasteiger partial charge in [-0.05, 0) is 24.3 Å². The molecule has 0 spiro atoms. The first-order chi connectivity index (χ1) is 12.4. The Kier molecular flexibility index (Phi) is 5.23. The minimum absolute atomic E-state index is 0.0452. The first kappa shape index (κ1) is 18.3. The molecular weight excluding hydrogens is 384 g/mol. The third-order valence-corrected chi connectivity index (χ3v) is 6.15. The Morgan fingerprint density at radius 3 is 2.42 bits per heavy atom. The lowest BCUT2D eigenvalue weighted by atomic mass is 10.1. The summed E-state index contributed by atoms with van der Waals surface area (Å²) in [5, 5.41) is 19.7. The third-order valence-electron chi connectivity index (χ3n) is 3.57. The lowest BCUT2D eigenvalue weighted by Crippen LogP contribution is -2.46. The van der Waals surface area contributed by atoms with Gasteiger partial charge in [-0.3, -0.25) is 4.21 Å². The molecule has 2 N–H and O–H groups in total. The molecule has 0 amide bonds. The summed E-state index contributed by atoms with van der Waals surface area (Å²) >= 11 is 0.890. The van der Waals surface area contributed by atoms with E-state index in [1.807, 2.05) is 0 Å². The quantitative estimate of drug-likeness (QED) is 0.643. The van der Waals surface area contributed by atoms with Gasteiger partial charge in [-0.15, -0.1) is 11.8 Å². The summed E-state index contributed by atoms with van der Waals surface area (Å²) in [6, 6.07) is 6.54. The smallest absolute Gasteiger partial charge is 0.375 e. The number of cyclic esters (lactones) is 1. The number of hydrogen-bond acceptors (Lipinski definition) is 8. The van der Waals surface area contributed by atoms with Gasteiger partial charge in [0.05, 0.1) is 34.7 Å². The van der Waals surface area contributed by atoms with Crippen LogP contribution in [0, 0.1) is 0 Å². The average molecular weight is 398 g/mol. The normalized spacial score (nSPS) is 21.0. The number of aliphatic hydroxyl groups is 1. The number of carbonyl (C=O) groups is 2. The number of ether oxygens (including phenoxy) is 1. The van der Waals surface area contributed by atoms with Crippen molar-refractivity contribution in [3.63, 3.8) is 0 Å². The SMILES string of the molecule is O=C1OC(CS(=O)Cc2ccco2)(C(=O)O)C(SCc2ccco2)=C1O. The Bertz CT molecular complexity index is 853. The van der Waals surface area contributed by atoms with Crippen molar-refractivity contribution >= 4 is 34.5 Å². The number of carbonyl (C=O) groups excluding carboxylic acids is 1. The van der Waals surface area contributed by atoms with Gasteiger partial charge in [-0.25, -0.2) is 9.59 Å². The summed E-state index contributed by atoms with van der Waals surface area (Å²) in [6.45, 7) is 0. The largest absolute Gasteiger partial charge is 0.501 e. The molecule has 0 bridgehead atoms. The van der Waals surface area contributed by atoms with Crippen molar-refractivity contribution in [1.29, 1.82) is 0 Å². The fraction of sp³-hybridized carbons (Fsp3) is 0.250. The van der Waals surface area contributed by atoms with E-state index >= 15 is 0 Å². The molecule has 2 unspecified atom stereocenters. The molecule has 0 saturated heterocycles. The van der Waals surface area contributed by atoms with Crippen molar-refractivity contribution in [1.82, 2.24) is 0 Å². The van der Waals surface area contributed by atoms with Crippen LogP contribution < -0.4 is 0 Å². The molecule has 0 aromatic carbocycles. The van der Waals surface area contributed by atoms with Crippen molar-refractivity contribution < 1.29 is 37.6 Å². The molecule has 1 aliphatic rings. The maximum Gasteiger partial charge on any atom is 0.375 e. The van der Waals surface area contributed by atoms with Crippen LogP contribution in [0.4, 0.5) is 0 Å². The van der Waals surface area contributed by atoms with Gasteiger partial charge in [0.15, 0.2) is 0 Å². The Balaban J connectivity index is 1.83. The maximum absolute atomic E-state index is 12.4. The van der Waals surface area contributed by atoms with E-state index in [4.69, 9.17) is 13.6 Å². The van der Waals surface area contributed by atoms with E-state index in [0.717, 1.165) is 11.8 Å². The molecule has 8 nitrogen and oxygen atoms in total. The summed E-state index contributed by atoms with van der Waals surface area (Å²) < 4.78 is 27.7. The van der Waals surface area contributed by atoms with Crippen LogP contribution in [-0.4, -0.2) is 37.7 Å². The van der Waals surface area contributed by atoms with E-state index in [1.54, 1.807) is 24.3 Å². The number of carboxylic acids is 1. The summed E-state index contributed by atoms with van der Waals surface area (Å²) in [7, 11) is -1.72. The molecule has 3 heterocycles. The minimum Gasteiger partial charge on any atom is -0.501 e. The van der Waals surface area contributed by atoms with Crippen molar-refractivity contribution in [3.8, 4) is 0 Å². The topological polar surface area (TPSA) is 127 Å². The van der Waals surface area contributed by atoms with Crippen LogP contribution in [0.2, 0.25) is 0 Å². The zero-order chi connectivity index (χ0) is 18.7. The molecule has 0 saturated carbocycles. The van der Waals surface area contributed by atoms with Crippen LogP contribution >= 0.6 is 11.8 Å². The molecular formula is C16H14O8S2. The van der Waals surface area contributed by atoms with E-state index < -0.39 is 39.9 Å². The van der Waals surface area contributed by atoms with Gasteiger partial charge < -0.3 is 23.8 Å². The highest BCUT2D eigenvalue weighted by Crippen LogP contribution is 2.42. The predicted octanol–water partition coefficient (Wildman–Crippen LogP) is 2.20. The summed E-state index contributed by atoms with van der Waals surface area (Å²) in [6.07, 6.45) is 2.86. The van der Waals surface area contributed by atoms with Gasteiger partial charge in [0, 0.05) is 10.8 Å². The molecule has 26 heavy (non-hydrogen) atoms. The molecule has 10 heteroatoms. The molecule has 1 aliphatic heterocycles. The molecule has 0 fully saturated rings. The number of aliphatic carboxylic acids is 1. The number of esters is 1. The third kappa shape index (κ3) is 3.56. The molecule has 2 aromatic rings. The first-order valence-corrected chi connectivity index (χ1v) is 9.83. The van der Waals surface area contributed by atoms with Crippen LogP contribution in [0.3, 0.4) is 0 Å². The zero-order valence-corrected chi connectivity index (χ0v) is 14.9. The van der Waals surface area contributed by atoms with Gasteiger partial charge in [0.2, 0.25) is 5.76 Å². The number of rotatable bonds is 8. The van der Waals surface area contributed by atoms with Crippen molar-refractivity contribution in [3.05, 3.63) is 59.0 Å².